The van der Waals surface area contributed by atoms with E-state index < -0.39 is 7.60 Å². The second-order valence-electron chi connectivity index (χ2n) is 6.76. The van der Waals surface area contributed by atoms with Crippen LogP contribution in [0.1, 0.15) is 5.56 Å². The van der Waals surface area contributed by atoms with Crippen LogP contribution in [-0.4, -0.2) is 31.4 Å². The van der Waals surface area contributed by atoms with Gasteiger partial charge in [-0.1, -0.05) is 42.0 Å². The molecule has 3 aromatic heterocycles. The molecule has 0 spiro atoms. The Balaban J connectivity index is 0.000000461. The third-order valence-electron chi connectivity index (χ3n) is 4.06. The van der Waals surface area contributed by atoms with E-state index in [1.807, 2.05) is 36.4 Å². The van der Waals surface area contributed by atoms with Crippen molar-refractivity contribution < 1.29 is 14.4 Å². The van der Waals surface area contributed by atoms with Gasteiger partial charge in [-0.2, -0.15) is 0 Å². The first-order chi connectivity index (χ1) is 14.3. The normalized spacial score (nSPS) is 10.8. The Morgan fingerprint density at radius 3 is 1.57 bits per heavy atom. The van der Waals surface area contributed by atoms with E-state index in [0.717, 1.165) is 40.6 Å². The maximum absolute atomic E-state index is 9.33. The van der Waals surface area contributed by atoms with Gasteiger partial charge in [0, 0.05) is 19.1 Å². The third-order valence-corrected chi connectivity index (χ3v) is 4.06. The summed E-state index contributed by atoms with van der Waals surface area (Å²) in [6, 6.07) is 24.4. The van der Waals surface area contributed by atoms with Crippen LogP contribution in [-0.2, 0) is 4.57 Å². The standard InChI is InChI=1S/C22H17N3.CH5O3P/c1-16-8-10-17(11-9-16)18-14-21(19-6-2-4-12-23-19)25-22(15-18)20-7-3-5-13-24-20;1-5(2,3)4/h2-15H,1H3;1H3,(H2,2,3,4). The van der Waals surface area contributed by atoms with Crippen molar-refractivity contribution in [2.24, 2.45) is 0 Å². The molecule has 6 nitrogen and oxygen atoms in total. The summed E-state index contributed by atoms with van der Waals surface area (Å²) in [4.78, 5) is 29.0. The number of nitrogens with zero attached hydrogens (tertiary/aromatic N) is 3. The van der Waals surface area contributed by atoms with Crippen molar-refractivity contribution in [3.63, 3.8) is 0 Å². The number of hydrogen-bond acceptors (Lipinski definition) is 4. The molecular formula is C23H22N3O3P. The van der Waals surface area contributed by atoms with Gasteiger partial charge >= 0.3 is 7.60 Å². The largest absolute Gasteiger partial charge is 0.325 e. The lowest BCUT2D eigenvalue weighted by atomic mass is 10.0. The van der Waals surface area contributed by atoms with Gasteiger partial charge in [-0.3, -0.25) is 14.5 Å². The summed E-state index contributed by atoms with van der Waals surface area (Å²) in [5.74, 6) is 0. The molecule has 0 saturated heterocycles. The lowest BCUT2D eigenvalue weighted by molar-refractivity contribution is 0.381. The minimum atomic E-state index is -3.64. The van der Waals surface area contributed by atoms with Gasteiger partial charge in [-0.05, 0) is 54.4 Å². The Hall–Kier alpha value is -3.18. The van der Waals surface area contributed by atoms with Gasteiger partial charge in [0.25, 0.3) is 0 Å². The first kappa shape index (κ1) is 21.5. The highest BCUT2D eigenvalue weighted by atomic mass is 31.2. The van der Waals surface area contributed by atoms with Gasteiger partial charge in [-0.25, -0.2) is 4.98 Å². The zero-order valence-corrected chi connectivity index (χ0v) is 17.6. The molecule has 7 heteroatoms. The van der Waals surface area contributed by atoms with Crippen molar-refractivity contribution >= 4 is 7.60 Å². The highest BCUT2D eigenvalue weighted by Gasteiger charge is 2.10. The smallest absolute Gasteiger partial charge is 0.322 e. The topological polar surface area (TPSA) is 96.2 Å². The molecule has 0 aliphatic heterocycles. The molecule has 2 N–H and O–H groups in total. The molecule has 30 heavy (non-hydrogen) atoms. The Bertz CT molecular complexity index is 1080. The van der Waals surface area contributed by atoms with E-state index in [0.29, 0.717) is 0 Å². The molecule has 0 aliphatic rings. The maximum atomic E-state index is 9.33. The van der Waals surface area contributed by atoms with Crippen molar-refractivity contribution in [1.82, 2.24) is 15.0 Å². The van der Waals surface area contributed by atoms with Crippen LogP contribution >= 0.6 is 7.60 Å². The number of pyridine rings is 3. The zero-order chi connectivity index (χ0) is 21.6. The molecule has 0 saturated carbocycles. The van der Waals surface area contributed by atoms with Crippen molar-refractivity contribution in [2.45, 2.75) is 6.92 Å². The van der Waals surface area contributed by atoms with Crippen LogP contribution in [0.2, 0.25) is 0 Å². The first-order valence-corrected chi connectivity index (χ1v) is 11.3. The van der Waals surface area contributed by atoms with Crippen LogP contribution in [0.3, 0.4) is 0 Å². The molecule has 4 aromatic rings. The lowest BCUT2D eigenvalue weighted by Crippen LogP contribution is -1.93. The summed E-state index contributed by atoms with van der Waals surface area (Å²) >= 11 is 0. The summed E-state index contributed by atoms with van der Waals surface area (Å²) in [6.45, 7) is 2.95. The Labute approximate surface area is 175 Å². The van der Waals surface area contributed by atoms with E-state index in [2.05, 4.69) is 53.3 Å². The number of benzene rings is 1. The molecule has 0 bridgehead atoms. The average molecular weight is 419 g/mol. The number of aromatic nitrogens is 3. The fourth-order valence-electron chi connectivity index (χ4n) is 2.73. The van der Waals surface area contributed by atoms with Crippen LogP contribution in [0.4, 0.5) is 0 Å². The van der Waals surface area contributed by atoms with E-state index in [1.54, 1.807) is 12.4 Å². The molecule has 152 valence electrons. The van der Waals surface area contributed by atoms with Gasteiger partial charge in [-0.15, -0.1) is 0 Å². The summed E-state index contributed by atoms with van der Waals surface area (Å²) in [6.07, 6.45) is 3.58. The number of aryl methyl sites for hydroxylation is 1. The Kier molecular flexibility index (Phi) is 6.85. The van der Waals surface area contributed by atoms with E-state index in [4.69, 9.17) is 14.8 Å². The first-order valence-electron chi connectivity index (χ1n) is 9.24. The monoisotopic (exact) mass is 419 g/mol. The number of rotatable bonds is 3. The van der Waals surface area contributed by atoms with Crippen LogP contribution in [0, 0.1) is 6.92 Å². The fourth-order valence-corrected chi connectivity index (χ4v) is 2.73. The molecular weight excluding hydrogens is 397 g/mol. The van der Waals surface area contributed by atoms with Crippen LogP contribution < -0.4 is 0 Å². The van der Waals surface area contributed by atoms with E-state index in [9.17, 15) is 4.57 Å². The summed E-state index contributed by atoms with van der Waals surface area (Å²) in [7, 11) is -3.64. The predicted molar refractivity (Wildman–Crippen MR) is 119 cm³/mol. The van der Waals surface area contributed by atoms with Crippen LogP contribution in [0.5, 0.6) is 0 Å². The molecule has 0 fully saturated rings. The van der Waals surface area contributed by atoms with Crippen molar-refractivity contribution in [2.75, 3.05) is 6.66 Å². The fraction of sp³-hybridized carbons (Fsp3) is 0.0870. The minimum absolute atomic E-state index is 0.847. The minimum Gasteiger partial charge on any atom is -0.325 e. The molecule has 3 heterocycles. The summed E-state index contributed by atoms with van der Waals surface area (Å²) < 4.78 is 9.33. The van der Waals surface area contributed by atoms with E-state index >= 15 is 0 Å². The van der Waals surface area contributed by atoms with Gasteiger partial charge in [0.05, 0.1) is 22.8 Å². The van der Waals surface area contributed by atoms with E-state index in [-0.39, 0.29) is 0 Å². The van der Waals surface area contributed by atoms with Gasteiger partial charge in [0.15, 0.2) is 0 Å². The van der Waals surface area contributed by atoms with Crippen molar-refractivity contribution in [1.29, 1.82) is 0 Å². The Morgan fingerprint density at radius 2 is 1.17 bits per heavy atom. The SMILES string of the molecule is CP(=O)(O)O.Cc1ccc(-c2cc(-c3ccccn3)nc(-c3ccccn3)c2)cc1. The summed E-state index contributed by atoms with van der Waals surface area (Å²) in [5, 5.41) is 0. The van der Waals surface area contributed by atoms with Crippen LogP contribution in [0.15, 0.2) is 85.2 Å². The highest BCUT2D eigenvalue weighted by Crippen LogP contribution is 2.29. The highest BCUT2D eigenvalue weighted by molar-refractivity contribution is 7.50. The zero-order valence-electron chi connectivity index (χ0n) is 16.7. The van der Waals surface area contributed by atoms with Crippen molar-refractivity contribution in [3.8, 4) is 33.9 Å². The molecule has 0 radical (unpaired) electrons. The molecule has 0 aliphatic carbocycles. The third kappa shape index (κ3) is 6.42. The molecule has 0 amide bonds. The van der Waals surface area contributed by atoms with Crippen LogP contribution in [0.25, 0.3) is 33.9 Å². The van der Waals surface area contributed by atoms with Gasteiger partial charge < -0.3 is 9.79 Å². The summed E-state index contributed by atoms with van der Waals surface area (Å²) in [5.41, 5.74) is 6.91. The molecule has 1 aromatic carbocycles. The predicted octanol–water partition coefficient (Wildman–Crippen LogP) is 4.97. The van der Waals surface area contributed by atoms with Gasteiger partial charge in [0.2, 0.25) is 0 Å². The maximum Gasteiger partial charge on any atom is 0.322 e. The second-order valence-corrected chi connectivity index (χ2v) is 8.43. The quantitative estimate of drug-likeness (QED) is 0.455. The Morgan fingerprint density at radius 1 is 0.700 bits per heavy atom. The molecule has 0 atom stereocenters. The molecule has 4 rings (SSSR count). The average Bonchev–Trinajstić information content (AvgIpc) is 2.74. The van der Waals surface area contributed by atoms with E-state index in [1.165, 1.54) is 5.56 Å². The van der Waals surface area contributed by atoms with Gasteiger partial charge in [0.1, 0.15) is 0 Å². The molecule has 0 unspecified atom stereocenters. The number of hydrogen-bond donors (Lipinski definition) is 2. The second kappa shape index (κ2) is 9.55. The van der Waals surface area contributed by atoms with Crippen molar-refractivity contribution in [3.05, 3.63) is 90.8 Å². The lowest BCUT2D eigenvalue weighted by Gasteiger charge is -2.09.